The number of carbonyl (C=O) groups excluding carboxylic acids is 1. The number of allylic oxidation sites excluding steroid dienone is 4. The molecule has 4 nitrogen and oxygen atoms in total. The van der Waals surface area contributed by atoms with E-state index in [1.807, 2.05) is 18.2 Å². The SMILES string of the molecule is COCOc1c(C=O)cccc1C1=C(OC)CCC=C1. The molecular weight excluding hydrogens is 256 g/mol. The van der Waals surface area contributed by atoms with Crippen LogP contribution in [0.15, 0.2) is 36.1 Å². The topological polar surface area (TPSA) is 44.8 Å². The number of hydrogen-bond acceptors (Lipinski definition) is 4. The molecule has 0 bridgehead atoms. The maximum absolute atomic E-state index is 11.2. The van der Waals surface area contributed by atoms with Crippen molar-refractivity contribution in [3.8, 4) is 5.75 Å². The number of aldehydes is 1. The van der Waals surface area contributed by atoms with Crippen molar-refractivity contribution < 1.29 is 19.0 Å². The Kier molecular flexibility index (Phi) is 4.96. The van der Waals surface area contributed by atoms with E-state index in [2.05, 4.69) is 6.08 Å². The molecule has 1 aromatic rings. The Morgan fingerprint density at radius 3 is 2.85 bits per heavy atom. The fourth-order valence-corrected chi connectivity index (χ4v) is 2.23. The van der Waals surface area contributed by atoms with Gasteiger partial charge in [-0.15, -0.1) is 0 Å². The van der Waals surface area contributed by atoms with E-state index in [0.29, 0.717) is 11.3 Å². The van der Waals surface area contributed by atoms with Gasteiger partial charge in [0.25, 0.3) is 0 Å². The van der Waals surface area contributed by atoms with Crippen LogP contribution in [-0.2, 0) is 9.47 Å². The van der Waals surface area contributed by atoms with Crippen molar-refractivity contribution in [1.29, 1.82) is 0 Å². The molecule has 0 aromatic heterocycles. The van der Waals surface area contributed by atoms with Crippen LogP contribution >= 0.6 is 0 Å². The molecule has 0 N–H and O–H groups in total. The van der Waals surface area contributed by atoms with Gasteiger partial charge in [-0.3, -0.25) is 4.79 Å². The minimum Gasteiger partial charge on any atom is -0.500 e. The van der Waals surface area contributed by atoms with Crippen molar-refractivity contribution >= 4 is 11.9 Å². The van der Waals surface area contributed by atoms with Gasteiger partial charge in [-0.25, -0.2) is 0 Å². The predicted molar refractivity (Wildman–Crippen MR) is 76.6 cm³/mol. The number of hydrogen-bond donors (Lipinski definition) is 0. The summed E-state index contributed by atoms with van der Waals surface area (Å²) >= 11 is 0. The summed E-state index contributed by atoms with van der Waals surface area (Å²) in [5.74, 6) is 1.43. The van der Waals surface area contributed by atoms with E-state index in [4.69, 9.17) is 14.2 Å². The van der Waals surface area contributed by atoms with Crippen LogP contribution in [-0.4, -0.2) is 27.3 Å². The summed E-state index contributed by atoms with van der Waals surface area (Å²) in [6.07, 6.45) is 6.68. The van der Waals surface area contributed by atoms with Crippen LogP contribution in [0.25, 0.3) is 5.57 Å². The molecule has 0 amide bonds. The van der Waals surface area contributed by atoms with Gasteiger partial charge in [0.2, 0.25) is 0 Å². The Morgan fingerprint density at radius 1 is 1.30 bits per heavy atom. The molecule has 0 fully saturated rings. The van der Waals surface area contributed by atoms with Crippen molar-refractivity contribution in [2.24, 2.45) is 0 Å². The molecular formula is C16H18O4. The van der Waals surface area contributed by atoms with Crippen molar-refractivity contribution in [1.82, 2.24) is 0 Å². The van der Waals surface area contributed by atoms with E-state index in [1.54, 1.807) is 20.3 Å². The van der Waals surface area contributed by atoms with Gasteiger partial charge in [-0.05, 0) is 12.5 Å². The van der Waals surface area contributed by atoms with E-state index in [0.717, 1.165) is 36.0 Å². The van der Waals surface area contributed by atoms with Gasteiger partial charge < -0.3 is 14.2 Å². The van der Waals surface area contributed by atoms with Gasteiger partial charge >= 0.3 is 0 Å². The Balaban J connectivity index is 2.52. The smallest absolute Gasteiger partial charge is 0.188 e. The van der Waals surface area contributed by atoms with Crippen molar-refractivity contribution in [3.05, 3.63) is 47.2 Å². The van der Waals surface area contributed by atoms with Crippen molar-refractivity contribution in [3.63, 3.8) is 0 Å². The molecule has 1 aromatic carbocycles. The van der Waals surface area contributed by atoms with Gasteiger partial charge in [0, 0.05) is 24.7 Å². The van der Waals surface area contributed by atoms with Crippen LogP contribution < -0.4 is 4.74 Å². The average Bonchev–Trinajstić information content (AvgIpc) is 2.52. The number of rotatable bonds is 6. The van der Waals surface area contributed by atoms with Crippen LogP contribution in [0.3, 0.4) is 0 Å². The fourth-order valence-electron chi connectivity index (χ4n) is 2.23. The summed E-state index contributed by atoms with van der Waals surface area (Å²) in [7, 11) is 3.21. The lowest BCUT2D eigenvalue weighted by atomic mass is 9.95. The average molecular weight is 274 g/mol. The van der Waals surface area contributed by atoms with E-state index in [1.165, 1.54) is 0 Å². The first-order chi connectivity index (χ1) is 9.81. The summed E-state index contributed by atoms with van der Waals surface area (Å²) in [4.78, 5) is 11.2. The summed E-state index contributed by atoms with van der Waals surface area (Å²) in [6, 6.07) is 5.48. The lowest BCUT2D eigenvalue weighted by molar-refractivity contribution is 0.0503. The highest BCUT2D eigenvalue weighted by molar-refractivity contribution is 5.87. The van der Waals surface area contributed by atoms with E-state index < -0.39 is 0 Å². The lowest BCUT2D eigenvalue weighted by Crippen LogP contribution is -2.06. The van der Waals surface area contributed by atoms with Crippen molar-refractivity contribution in [2.75, 3.05) is 21.0 Å². The normalized spacial score (nSPS) is 14.3. The molecule has 4 heteroatoms. The minimum atomic E-state index is 0.0944. The quantitative estimate of drug-likeness (QED) is 0.590. The van der Waals surface area contributed by atoms with Crippen LogP contribution in [0.2, 0.25) is 0 Å². The zero-order chi connectivity index (χ0) is 14.4. The number of methoxy groups -OCH3 is 2. The van der Waals surface area contributed by atoms with E-state index in [-0.39, 0.29) is 6.79 Å². The van der Waals surface area contributed by atoms with E-state index in [9.17, 15) is 4.79 Å². The van der Waals surface area contributed by atoms with E-state index >= 15 is 0 Å². The molecule has 0 spiro atoms. The Bertz CT molecular complexity index is 543. The largest absolute Gasteiger partial charge is 0.500 e. The minimum absolute atomic E-state index is 0.0944. The second-order valence-electron chi connectivity index (χ2n) is 4.37. The molecule has 1 aliphatic rings. The summed E-state index contributed by atoms with van der Waals surface area (Å²) in [5, 5.41) is 0. The molecule has 0 saturated carbocycles. The van der Waals surface area contributed by atoms with Gasteiger partial charge in [0.15, 0.2) is 13.1 Å². The number of para-hydroxylation sites is 1. The monoisotopic (exact) mass is 274 g/mol. The van der Waals surface area contributed by atoms with Crippen LogP contribution in [0.1, 0.15) is 28.8 Å². The molecule has 0 heterocycles. The highest BCUT2D eigenvalue weighted by Crippen LogP contribution is 2.35. The highest BCUT2D eigenvalue weighted by Gasteiger charge is 2.17. The Labute approximate surface area is 118 Å². The molecule has 0 radical (unpaired) electrons. The first kappa shape index (κ1) is 14.3. The molecule has 2 rings (SSSR count). The third kappa shape index (κ3) is 2.91. The molecule has 106 valence electrons. The maximum atomic E-state index is 11.2. The first-order valence-corrected chi connectivity index (χ1v) is 6.45. The maximum Gasteiger partial charge on any atom is 0.188 e. The van der Waals surface area contributed by atoms with Gasteiger partial charge in [0.1, 0.15) is 11.5 Å². The first-order valence-electron chi connectivity index (χ1n) is 6.45. The fraction of sp³-hybridized carbons (Fsp3) is 0.312. The van der Waals surface area contributed by atoms with Crippen LogP contribution in [0, 0.1) is 0 Å². The highest BCUT2D eigenvalue weighted by atomic mass is 16.7. The molecule has 0 aliphatic heterocycles. The zero-order valence-electron chi connectivity index (χ0n) is 11.7. The van der Waals surface area contributed by atoms with Gasteiger partial charge in [-0.2, -0.15) is 0 Å². The van der Waals surface area contributed by atoms with Crippen molar-refractivity contribution in [2.45, 2.75) is 12.8 Å². The second-order valence-corrected chi connectivity index (χ2v) is 4.37. The summed E-state index contributed by atoms with van der Waals surface area (Å²) in [5.41, 5.74) is 2.30. The lowest BCUT2D eigenvalue weighted by Gasteiger charge is -2.18. The Morgan fingerprint density at radius 2 is 2.15 bits per heavy atom. The molecule has 20 heavy (non-hydrogen) atoms. The third-order valence-corrected chi connectivity index (χ3v) is 3.15. The van der Waals surface area contributed by atoms with Gasteiger partial charge in [0.05, 0.1) is 12.7 Å². The zero-order valence-corrected chi connectivity index (χ0v) is 11.7. The standard InChI is InChI=1S/C16H18O4/c1-18-11-20-16-12(10-17)6-5-8-14(16)13-7-3-4-9-15(13)19-2/h3,5-8,10H,4,9,11H2,1-2H3. The molecule has 0 unspecified atom stereocenters. The number of benzene rings is 1. The van der Waals surface area contributed by atoms with Gasteiger partial charge in [-0.1, -0.05) is 24.3 Å². The third-order valence-electron chi connectivity index (χ3n) is 3.15. The molecule has 1 aliphatic carbocycles. The summed E-state index contributed by atoms with van der Waals surface area (Å²) < 4.78 is 16.0. The predicted octanol–water partition coefficient (Wildman–Crippen LogP) is 3.19. The van der Waals surface area contributed by atoms with Crippen LogP contribution in [0.5, 0.6) is 5.75 Å². The summed E-state index contributed by atoms with van der Waals surface area (Å²) in [6.45, 7) is 0.0944. The second kappa shape index (κ2) is 6.91. The molecule has 0 atom stereocenters. The van der Waals surface area contributed by atoms with Crippen LogP contribution in [0.4, 0.5) is 0 Å². The number of ether oxygens (including phenoxy) is 3. The number of carbonyl (C=O) groups is 1. The Hall–Kier alpha value is -2.07. The molecule has 0 saturated heterocycles.